The zero-order chi connectivity index (χ0) is 17.8. The molecule has 0 fully saturated rings. The van der Waals surface area contributed by atoms with Crippen molar-refractivity contribution in [1.29, 1.82) is 0 Å². The summed E-state index contributed by atoms with van der Waals surface area (Å²) in [6.07, 6.45) is 0. The Morgan fingerprint density at radius 3 is 2.24 bits per heavy atom. The van der Waals surface area contributed by atoms with Crippen molar-refractivity contribution in [1.82, 2.24) is 14.1 Å². The topological polar surface area (TPSA) is 22.8 Å². The first kappa shape index (κ1) is 15.9. The molecule has 0 aliphatic rings. The van der Waals surface area contributed by atoms with E-state index < -0.39 is 0 Å². The lowest BCUT2D eigenvalue weighted by molar-refractivity contribution is 0.269. The third-order valence-electron chi connectivity index (χ3n) is 5.42. The van der Waals surface area contributed by atoms with Crippen LogP contribution in [0.3, 0.4) is 0 Å². The maximum absolute atomic E-state index is 5.02. The van der Waals surface area contributed by atoms with Gasteiger partial charge in [-0.2, -0.15) is 0 Å². The molecule has 0 aliphatic carbocycles. The number of hydrogen-bond acceptors (Lipinski definition) is 1. The van der Waals surface area contributed by atoms with Crippen LogP contribution >= 0.6 is 0 Å². The Morgan fingerprint density at radius 2 is 1.56 bits per heavy atom. The van der Waals surface area contributed by atoms with Gasteiger partial charge in [-0.15, -0.1) is 0 Å². The molecule has 0 saturated heterocycles. The van der Waals surface area contributed by atoms with E-state index in [1.807, 2.05) is 0 Å². The summed E-state index contributed by atoms with van der Waals surface area (Å²) in [6, 6.07) is 19.5. The van der Waals surface area contributed by atoms with Gasteiger partial charge in [0.2, 0.25) is 0 Å². The molecule has 0 spiro atoms. The molecule has 0 unspecified atom stereocenters. The first-order chi connectivity index (χ1) is 11.9. The number of imidazole rings is 1. The Hall–Kier alpha value is -2.55. The molecule has 0 saturated carbocycles. The summed E-state index contributed by atoms with van der Waals surface area (Å²) in [5, 5.41) is 1.25. The third-order valence-corrected chi connectivity index (χ3v) is 5.42. The summed E-state index contributed by atoms with van der Waals surface area (Å²) in [5.74, 6) is 1.04. The summed E-state index contributed by atoms with van der Waals surface area (Å²) in [7, 11) is 2.13. The highest BCUT2D eigenvalue weighted by atomic mass is 15.1. The Morgan fingerprint density at radius 1 is 0.920 bits per heavy atom. The van der Waals surface area contributed by atoms with Gasteiger partial charge < -0.3 is 9.13 Å². The Kier molecular flexibility index (Phi) is 3.50. The number of benzene rings is 2. The van der Waals surface area contributed by atoms with Crippen LogP contribution in [-0.4, -0.2) is 14.1 Å². The predicted octanol–water partition coefficient (Wildman–Crippen LogP) is 5.80. The molecule has 2 aromatic heterocycles. The molecule has 0 N–H and O–H groups in total. The van der Waals surface area contributed by atoms with Crippen LogP contribution in [0.2, 0.25) is 0 Å². The van der Waals surface area contributed by atoms with Crippen LogP contribution in [0.15, 0.2) is 54.6 Å². The number of aromatic nitrogens is 3. The molecule has 2 heterocycles. The van der Waals surface area contributed by atoms with Gasteiger partial charge in [0, 0.05) is 24.0 Å². The molecule has 2 aromatic carbocycles. The van der Waals surface area contributed by atoms with Gasteiger partial charge in [0.05, 0.1) is 16.7 Å². The van der Waals surface area contributed by atoms with Gasteiger partial charge in [-0.3, -0.25) is 0 Å². The summed E-state index contributed by atoms with van der Waals surface area (Å²) in [4.78, 5) is 5.02. The monoisotopic (exact) mass is 331 g/mol. The van der Waals surface area contributed by atoms with Crippen LogP contribution in [0.25, 0.3) is 33.5 Å². The fourth-order valence-electron chi connectivity index (χ4n) is 3.51. The first-order valence-electron chi connectivity index (χ1n) is 8.90. The summed E-state index contributed by atoms with van der Waals surface area (Å²) >= 11 is 0. The smallest absolute Gasteiger partial charge is 0.158 e. The van der Waals surface area contributed by atoms with Crippen molar-refractivity contribution in [3.8, 4) is 11.5 Å². The molecule has 0 radical (unpaired) electrons. The molecular formula is C22H25N3. The summed E-state index contributed by atoms with van der Waals surface area (Å²) in [6.45, 7) is 9.16. The van der Waals surface area contributed by atoms with E-state index in [4.69, 9.17) is 4.98 Å². The lowest BCUT2D eigenvalue weighted by Crippen LogP contribution is -2.22. The minimum atomic E-state index is 0.142. The second kappa shape index (κ2) is 5.48. The van der Waals surface area contributed by atoms with Crippen LogP contribution < -0.4 is 0 Å². The van der Waals surface area contributed by atoms with Crippen molar-refractivity contribution in [2.24, 2.45) is 12.5 Å². The lowest BCUT2D eigenvalue weighted by Gasteiger charge is -2.30. The normalized spacial score (nSPS) is 13.6. The number of fused-ring (bicyclic) bond motifs is 2. The van der Waals surface area contributed by atoms with Gasteiger partial charge in [-0.25, -0.2) is 4.98 Å². The number of aryl methyl sites for hydroxylation is 1. The minimum Gasteiger partial charge on any atom is -0.341 e. The molecule has 1 atom stereocenters. The van der Waals surface area contributed by atoms with Gasteiger partial charge in [0.1, 0.15) is 0 Å². The molecule has 4 rings (SSSR count). The Bertz CT molecular complexity index is 1060. The van der Waals surface area contributed by atoms with Gasteiger partial charge in [-0.05, 0) is 36.6 Å². The van der Waals surface area contributed by atoms with Crippen LogP contribution in [0.4, 0.5) is 0 Å². The number of rotatable bonds is 2. The van der Waals surface area contributed by atoms with Gasteiger partial charge >= 0.3 is 0 Å². The van der Waals surface area contributed by atoms with E-state index >= 15 is 0 Å². The largest absolute Gasteiger partial charge is 0.341 e. The van der Waals surface area contributed by atoms with Crippen LogP contribution in [0.1, 0.15) is 33.7 Å². The molecular weight excluding hydrogens is 306 g/mol. The molecule has 4 aromatic rings. The number of para-hydroxylation sites is 3. The second-order valence-corrected chi connectivity index (χ2v) is 7.98. The van der Waals surface area contributed by atoms with Crippen molar-refractivity contribution in [3.05, 3.63) is 54.6 Å². The van der Waals surface area contributed by atoms with E-state index in [-0.39, 0.29) is 5.41 Å². The number of nitrogens with zero attached hydrogens (tertiary/aromatic N) is 3. The average molecular weight is 331 g/mol. The van der Waals surface area contributed by atoms with E-state index in [1.54, 1.807) is 0 Å². The van der Waals surface area contributed by atoms with Crippen LogP contribution in [0.5, 0.6) is 0 Å². The molecule has 25 heavy (non-hydrogen) atoms. The standard InChI is InChI=1S/C22H25N3/c1-15(22(2,3)4)25-19-13-9-7-11-17(19)23-21(25)20-14-16-10-6-8-12-18(16)24(20)5/h6-15H,1-5H3/t15-/m0/s1. The quantitative estimate of drug-likeness (QED) is 0.455. The van der Waals surface area contributed by atoms with E-state index in [9.17, 15) is 0 Å². The van der Waals surface area contributed by atoms with E-state index in [0.717, 1.165) is 17.0 Å². The van der Waals surface area contributed by atoms with E-state index in [2.05, 4.69) is 98.5 Å². The van der Waals surface area contributed by atoms with Crippen molar-refractivity contribution in [3.63, 3.8) is 0 Å². The fraction of sp³-hybridized carbons (Fsp3) is 0.318. The lowest BCUT2D eigenvalue weighted by atomic mass is 9.87. The van der Waals surface area contributed by atoms with Crippen LogP contribution in [-0.2, 0) is 7.05 Å². The zero-order valence-corrected chi connectivity index (χ0v) is 15.6. The Balaban J connectivity index is 2.05. The van der Waals surface area contributed by atoms with Crippen LogP contribution in [0, 0.1) is 5.41 Å². The highest BCUT2D eigenvalue weighted by Crippen LogP contribution is 2.38. The zero-order valence-electron chi connectivity index (χ0n) is 15.6. The maximum Gasteiger partial charge on any atom is 0.158 e. The molecule has 0 aliphatic heterocycles. The predicted molar refractivity (Wildman–Crippen MR) is 106 cm³/mol. The molecule has 0 bridgehead atoms. The van der Waals surface area contributed by atoms with Crippen molar-refractivity contribution in [2.75, 3.05) is 0 Å². The van der Waals surface area contributed by atoms with Gasteiger partial charge in [0.15, 0.2) is 5.82 Å². The summed E-state index contributed by atoms with van der Waals surface area (Å²) < 4.78 is 4.66. The second-order valence-electron chi connectivity index (χ2n) is 7.98. The molecule has 0 amide bonds. The Labute approximate surface area is 148 Å². The molecule has 128 valence electrons. The van der Waals surface area contributed by atoms with Crippen molar-refractivity contribution >= 4 is 21.9 Å². The van der Waals surface area contributed by atoms with Crippen molar-refractivity contribution in [2.45, 2.75) is 33.7 Å². The van der Waals surface area contributed by atoms with E-state index in [0.29, 0.717) is 6.04 Å². The highest BCUT2D eigenvalue weighted by Gasteiger charge is 2.27. The minimum absolute atomic E-state index is 0.142. The number of hydrogen-bond donors (Lipinski definition) is 0. The molecule has 3 heteroatoms. The maximum atomic E-state index is 5.02. The fourth-order valence-corrected chi connectivity index (χ4v) is 3.51. The van der Waals surface area contributed by atoms with Crippen molar-refractivity contribution < 1.29 is 0 Å². The third kappa shape index (κ3) is 2.46. The highest BCUT2D eigenvalue weighted by molar-refractivity contribution is 5.88. The molecule has 3 nitrogen and oxygen atoms in total. The van der Waals surface area contributed by atoms with Gasteiger partial charge in [-0.1, -0.05) is 51.1 Å². The van der Waals surface area contributed by atoms with Gasteiger partial charge in [0.25, 0.3) is 0 Å². The average Bonchev–Trinajstić information content (AvgIpc) is 3.11. The van der Waals surface area contributed by atoms with E-state index in [1.165, 1.54) is 16.4 Å². The SMILES string of the molecule is C[C@H](n1c(-c2cc3ccccc3n2C)nc2ccccc21)C(C)(C)C. The first-order valence-corrected chi connectivity index (χ1v) is 8.90. The summed E-state index contributed by atoms with van der Waals surface area (Å²) in [5.41, 5.74) is 4.79.